The Kier molecular flexibility index (Phi) is 5.02. The Labute approximate surface area is 138 Å². The van der Waals surface area contributed by atoms with E-state index in [9.17, 15) is 0 Å². The third-order valence-corrected chi connectivity index (χ3v) is 4.60. The number of nitrogens with one attached hydrogen (secondary N) is 1. The molecule has 1 fully saturated rings. The van der Waals surface area contributed by atoms with Crippen LogP contribution < -0.4 is 5.32 Å². The Morgan fingerprint density at radius 3 is 2.36 bits per heavy atom. The summed E-state index contributed by atoms with van der Waals surface area (Å²) in [6.45, 7) is 10.8. The molecule has 4 nitrogen and oxygen atoms in total. The highest BCUT2D eigenvalue weighted by Crippen LogP contribution is 2.38. The quantitative estimate of drug-likeness (QED) is 0.682. The number of halogens is 1. The Balaban J connectivity index is 2.33. The molecule has 1 aliphatic rings. The zero-order valence-corrected chi connectivity index (χ0v) is 14.9. The van der Waals surface area contributed by atoms with Gasteiger partial charge < -0.3 is 14.6 Å². The smallest absolute Gasteiger partial charge is 0.400 e. The summed E-state index contributed by atoms with van der Waals surface area (Å²) in [6.07, 6.45) is 1.99. The van der Waals surface area contributed by atoms with Gasteiger partial charge in [-0.25, -0.2) is 4.98 Å². The van der Waals surface area contributed by atoms with Crippen LogP contribution in [-0.2, 0) is 9.31 Å². The maximum atomic E-state index is 6.23. The molecule has 2 rings (SSSR count). The predicted octanol–water partition coefficient (Wildman–Crippen LogP) is 3.28. The van der Waals surface area contributed by atoms with Gasteiger partial charge in [-0.1, -0.05) is 23.7 Å². The normalized spacial score (nSPS) is 20.5. The summed E-state index contributed by atoms with van der Waals surface area (Å²) in [6, 6.07) is 3.91. The van der Waals surface area contributed by atoms with E-state index in [1.54, 1.807) is 0 Å². The molecule has 0 aromatic carbocycles. The van der Waals surface area contributed by atoms with E-state index in [1.807, 2.05) is 59.9 Å². The SMILES string of the molecule is CNCC(=Cc1ccc(C)nc1Cl)B1OC(C)(C)C(C)(C)O1. The van der Waals surface area contributed by atoms with Crippen molar-refractivity contribution >= 4 is 24.8 Å². The number of pyridine rings is 1. The summed E-state index contributed by atoms with van der Waals surface area (Å²) < 4.78 is 12.2. The molecule has 0 saturated carbocycles. The van der Waals surface area contributed by atoms with E-state index in [0.717, 1.165) is 16.7 Å². The van der Waals surface area contributed by atoms with Crippen molar-refractivity contribution in [3.8, 4) is 0 Å². The fourth-order valence-electron chi connectivity index (χ4n) is 2.24. The lowest BCUT2D eigenvalue weighted by Gasteiger charge is -2.32. The minimum absolute atomic E-state index is 0.361. The fraction of sp³-hybridized carbons (Fsp3) is 0.562. The van der Waals surface area contributed by atoms with Crippen LogP contribution in [0.2, 0.25) is 5.15 Å². The molecule has 0 unspecified atom stereocenters. The summed E-state index contributed by atoms with van der Waals surface area (Å²) in [5.74, 6) is 0. The first-order valence-electron chi connectivity index (χ1n) is 7.50. The molecule has 0 bridgehead atoms. The van der Waals surface area contributed by atoms with E-state index in [4.69, 9.17) is 20.9 Å². The second-order valence-corrected chi connectivity index (χ2v) is 7.03. The number of hydrogen-bond acceptors (Lipinski definition) is 4. The van der Waals surface area contributed by atoms with Crippen molar-refractivity contribution in [1.82, 2.24) is 10.3 Å². The lowest BCUT2D eigenvalue weighted by atomic mass is 9.77. The van der Waals surface area contributed by atoms with Gasteiger partial charge in [-0.2, -0.15) is 0 Å². The maximum absolute atomic E-state index is 6.23. The van der Waals surface area contributed by atoms with Gasteiger partial charge in [-0.15, -0.1) is 0 Å². The predicted molar refractivity (Wildman–Crippen MR) is 92.0 cm³/mol. The van der Waals surface area contributed by atoms with Crippen LogP contribution in [0.15, 0.2) is 17.6 Å². The highest BCUT2D eigenvalue weighted by molar-refractivity contribution is 6.56. The molecule has 1 N–H and O–H groups in total. The van der Waals surface area contributed by atoms with Crippen LogP contribution in [0.5, 0.6) is 0 Å². The van der Waals surface area contributed by atoms with Gasteiger partial charge in [0.2, 0.25) is 0 Å². The third-order valence-electron chi connectivity index (χ3n) is 4.29. The molecule has 1 aromatic heterocycles. The molecule has 0 amide bonds. The molecule has 1 aromatic rings. The van der Waals surface area contributed by atoms with Gasteiger partial charge in [0, 0.05) is 17.8 Å². The van der Waals surface area contributed by atoms with Gasteiger partial charge in [0.25, 0.3) is 0 Å². The molecule has 22 heavy (non-hydrogen) atoms. The number of rotatable bonds is 4. The van der Waals surface area contributed by atoms with Crippen LogP contribution in [0, 0.1) is 6.92 Å². The van der Waals surface area contributed by atoms with Crippen molar-refractivity contribution in [2.45, 2.75) is 45.8 Å². The Morgan fingerprint density at radius 2 is 1.86 bits per heavy atom. The van der Waals surface area contributed by atoms with E-state index in [2.05, 4.69) is 10.3 Å². The Bertz CT molecular complexity index is 572. The van der Waals surface area contributed by atoms with Gasteiger partial charge in [0.05, 0.1) is 11.2 Å². The molecule has 0 spiro atoms. The van der Waals surface area contributed by atoms with E-state index in [-0.39, 0.29) is 11.2 Å². The summed E-state index contributed by atoms with van der Waals surface area (Å²) in [7, 11) is 1.50. The van der Waals surface area contributed by atoms with Crippen LogP contribution >= 0.6 is 11.6 Å². The van der Waals surface area contributed by atoms with Crippen molar-refractivity contribution in [1.29, 1.82) is 0 Å². The molecular formula is C16H24BClN2O2. The number of aryl methyl sites for hydroxylation is 1. The van der Waals surface area contributed by atoms with E-state index in [0.29, 0.717) is 11.7 Å². The lowest BCUT2D eigenvalue weighted by Crippen LogP contribution is -2.41. The summed E-state index contributed by atoms with van der Waals surface area (Å²) >= 11 is 6.23. The molecule has 2 heterocycles. The van der Waals surface area contributed by atoms with Crippen molar-refractivity contribution < 1.29 is 9.31 Å². The monoisotopic (exact) mass is 322 g/mol. The summed E-state index contributed by atoms with van der Waals surface area (Å²) in [5.41, 5.74) is 2.04. The van der Waals surface area contributed by atoms with Crippen molar-refractivity contribution in [2.24, 2.45) is 0 Å². The highest BCUT2D eigenvalue weighted by Gasteiger charge is 2.52. The van der Waals surface area contributed by atoms with Gasteiger partial charge in [0.1, 0.15) is 5.15 Å². The number of aromatic nitrogens is 1. The van der Waals surface area contributed by atoms with E-state index in [1.165, 1.54) is 0 Å². The van der Waals surface area contributed by atoms with Gasteiger partial charge in [-0.3, -0.25) is 0 Å². The van der Waals surface area contributed by atoms with Crippen molar-refractivity contribution in [3.05, 3.63) is 34.0 Å². The van der Waals surface area contributed by atoms with Crippen LogP contribution in [0.25, 0.3) is 6.08 Å². The maximum Gasteiger partial charge on any atom is 0.491 e. The third kappa shape index (κ3) is 3.54. The topological polar surface area (TPSA) is 43.4 Å². The first-order chi connectivity index (χ1) is 10.2. The van der Waals surface area contributed by atoms with Crippen LogP contribution in [0.3, 0.4) is 0 Å². The Hall–Kier alpha value is -0.875. The summed E-state index contributed by atoms with van der Waals surface area (Å²) in [5, 5.41) is 3.65. The number of hydrogen-bond donors (Lipinski definition) is 1. The molecule has 1 saturated heterocycles. The standard InChI is InChI=1S/C16H24BClN2O2/c1-11-7-8-12(14(18)20-11)9-13(10-19-6)17-21-15(2,3)16(4,5)22-17/h7-9,19H,10H2,1-6H3. The van der Waals surface area contributed by atoms with Crippen LogP contribution in [-0.4, -0.2) is 36.9 Å². The molecular weight excluding hydrogens is 298 g/mol. The molecule has 120 valence electrons. The van der Waals surface area contributed by atoms with Gasteiger partial charge in [0.15, 0.2) is 0 Å². The van der Waals surface area contributed by atoms with Gasteiger partial charge in [-0.05, 0) is 53.2 Å². The van der Waals surface area contributed by atoms with Crippen LogP contribution in [0.4, 0.5) is 0 Å². The second-order valence-electron chi connectivity index (χ2n) is 6.67. The average Bonchev–Trinajstić information content (AvgIpc) is 2.61. The first kappa shape index (κ1) is 17.5. The van der Waals surface area contributed by atoms with E-state index < -0.39 is 7.12 Å². The second kappa shape index (κ2) is 6.32. The largest absolute Gasteiger partial charge is 0.491 e. The van der Waals surface area contributed by atoms with Gasteiger partial charge >= 0.3 is 7.12 Å². The van der Waals surface area contributed by atoms with E-state index >= 15 is 0 Å². The minimum Gasteiger partial charge on any atom is -0.400 e. The van der Waals surface area contributed by atoms with Crippen molar-refractivity contribution in [2.75, 3.05) is 13.6 Å². The molecule has 0 atom stereocenters. The molecule has 0 aliphatic carbocycles. The minimum atomic E-state index is -0.394. The first-order valence-corrected chi connectivity index (χ1v) is 7.88. The zero-order valence-electron chi connectivity index (χ0n) is 14.2. The lowest BCUT2D eigenvalue weighted by molar-refractivity contribution is 0.00578. The zero-order chi connectivity index (χ0) is 16.5. The molecule has 0 radical (unpaired) electrons. The van der Waals surface area contributed by atoms with Crippen molar-refractivity contribution in [3.63, 3.8) is 0 Å². The number of likely N-dealkylation sites (N-methyl/N-ethyl adjacent to an activating group) is 1. The molecule has 6 heteroatoms. The fourth-order valence-corrected chi connectivity index (χ4v) is 2.50. The Morgan fingerprint density at radius 1 is 1.27 bits per heavy atom. The van der Waals surface area contributed by atoms with Crippen LogP contribution in [0.1, 0.15) is 39.0 Å². The summed E-state index contributed by atoms with van der Waals surface area (Å²) in [4.78, 5) is 4.29. The average molecular weight is 323 g/mol. The highest BCUT2D eigenvalue weighted by atomic mass is 35.5. The molecule has 1 aliphatic heterocycles. The number of nitrogens with zero attached hydrogens (tertiary/aromatic N) is 1.